The number of ether oxygens (including phenoxy) is 3. The quantitative estimate of drug-likeness (QED) is 0.839. The van der Waals surface area contributed by atoms with Crippen molar-refractivity contribution in [2.75, 3.05) is 20.3 Å². The molecule has 4 heteroatoms. The van der Waals surface area contributed by atoms with Crippen molar-refractivity contribution in [2.24, 2.45) is 0 Å². The second-order valence-corrected chi connectivity index (χ2v) is 6.15. The van der Waals surface area contributed by atoms with Crippen LogP contribution < -0.4 is 10.1 Å². The van der Waals surface area contributed by atoms with E-state index in [1.165, 1.54) is 5.56 Å². The van der Waals surface area contributed by atoms with Gasteiger partial charge in [-0.15, -0.1) is 0 Å². The van der Waals surface area contributed by atoms with Gasteiger partial charge in [0.05, 0.1) is 19.8 Å². The highest BCUT2D eigenvalue weighted by Crippen LogP contribution is 2.21. The summed E-state index contributed by atoms with van der Waals surface area (Å²) in [7, 11) is 1.69. The lowest BCUT2D eigenvalue weighted by Gasteiger charge is -2.19. The van der Waals surface area contributed by atoms with Crippen LogP contribution in [0.4, 0.5) is 0 Å². The molecule has 0 amide bonds. The fourth-order valence-corrected chi connectivity index (χ4v) is 2.47. The van der Waals surface area contributed by atoms with Gasteiger partial charge in [0, 0.05) is 12.6 Å². The smallest absolute Gasteiger partial charge is 0.163 e. The molecule has 1 saturated heterocycles. The summed E-state index contributed by atoms with van der Waals surface area (Å²) in [5.74, 6) is 0.476. The topological polar surface area (TPSA) is 39.7 Å². The number of rotatable bonds is 7. The molecule has 1 aromatic carbocycles. The molecule has 2 rings (SSSR count). The van der Waals surface area contributed by atoms with Crippen molar-refractivity contribution in [1.29, 1.82) is 0 Å². The van der Waals surface area contributed by atoms with Gasteiger partial charge >= 0.3 is 0 Å². The maximum absolute atomic E-state index is 5.79. The van der Waals surface area contributed by atoms with Crippen molar-refractivity contribution in [2.45, 2.75) is 51.5 Å². The Bertz CT molecular complexity index is 430. The summed E-state index contributed by atoms with van der Waals surface area (Å²) in [5.41, 5.74) is 1.34. The van der Waals surface area contributed by atoms with Crippen LogP contribution in [0.1, 0.15) is 32.8 Å². The summed E-state index contributed by atoms with van der Waals surface area (Å²) in [6.07, 6.45) is 2.32. The van der Waals surface area contributed by atoms with Crippen molar-refractivity contribution in [1.82, 2.24) is 5.32 Å². The number of hydrogen-bond acceptors (Lipinski definition) is 4. The second-order valence-electron chi connectivity index (χ2n) is 6.15. The van der Waals surface area contributed by atoms with E-state index in [2.05, 4.69) is 24.4 Å². The predicted molar refractivity (Wildman–Crippen MR) is 83.7 cm³/mol. The lowest BCUT2D eigenvalue weighted by Crippen LogP contribution is -2.36. The minimum atomic E-state index is -0.432. The number of benzene rings is 1. The molecule has 1 aromatic rings. The van der Waals surface area contributed by atoms with Gasteiger partial charge in [0.1, 0.15) is 5.75 Å². The molecule has 1 heterocycles. The fourth-order valence-electron chi connectivity index (χ4n) is 2.47. The normalized spacial score (nSPS) is 22.2. The minimum Gasteiger partial charge on any atom is -0.497 e. The Labute approximate surface area is 127 Å². The Morgan fingerprint density at radius 2 is 2.05 bits per heavy atom. The predicted octanol–water partition coefficient (Wildman–Crippen LogP) is 2.76. The first kappa shape index (κ1) is 16.3. The summed E-state index contributed by atoms with van der Waals surface area (Å²) in [6, 6.07) is 8.74. The van der Waals surface area contributed by atoms with Crippen LogP contribution in [0.2, 0.25) is 0 Å². The average Bonchev–Trinajstić information content (AvgIpc) is 2.83. The van der Waals surface area contributed by atoms with Crippen molar-refractivity contribution >= 4 is 0 Å². The molecule has 118 valence electrons. The van der Waals surface area contributed by atoms with Gasteiger partial charge in [0.2, 0.25) is 0 Å². The van der Waals surface area contributed by atoms with Crippen LogP contribution in [0.3, 0.4) is 0 Å². The van der Waals surface area contributed by atoms with Crippen LogP contribution in [0.15, 0.2) is 24.3 Å². The molecule has 4 nitrogen and oxygen atoms in total. The molecule has 0 aromatic heterocycles. The lowest BCUT2D eigenvalue weighted by atomic mass is 10.1. The van der Waals surface area contributed by atoms with E-state index in [0.29, 0.717) is 12.6 Å². The van der Waals surface area contributed by atoms with Gasteiger partial charge in [0.15, 0.2) is 5.79 Å². The standard InChI is InChI=1S/C17H27NO3/c1-13(18-11-16-12-20-17(2,3)21-16)5-6-14-7-9-15(19-4)10-8-14/h7-10,13,16,18H,5-6,11-12H2,1-4H3. The molecule has 0 spiro atoms. The molecule has 1 fully saturated rings. The van der Waals surface area contributed by atoms with Crippen molar-refractivity contribution in [3.05, 3.63) is 29.8 Å². The molecular formula is C17H27NO3. The summed E-state index contributed by atoms with van der Waals surface area (Å²) >= 11 is 0. The number of methoxy groups -OCH3 is 1. The summed E-state index contributed by atoms with van der Waals surface area (Å²) in [6.45, 7) is 7.64. The minimum absolute atomic E-state index is 0.156. The van der Waals surface area contributed by atoms with Gasteiger partial charge in [-0.1, -0.05) is 12.1 Å². The van der Waals surface area contributed by atoms with Gasteiger partial charge in [-0.2, -0.15) is 0 Å². The fraction of sp³-hybridized carbons (Fsp3) is 0.647. The van der Waals surface area contributed by atoms with Crippen molar-refractivity contribution in [3.8, 4) is 5.75 Å². The van der Waals surface area contributed by atoms with E-state index in [1.54, 1.807) is 7.11 Å². The molecular weight excluding hydrogens is 266 g/mol. The number of hydrogen-bond donors (Lipinski definition) is 1. The molecule has 1 aliphatic heterocycles. The van der Waals surface area contributed by atoms with Gasteiger partial charge in [-0.25, -0.2) is 0 Å². The summed E-state index contributed by atoms with van der Waals surface area (Å²) in [4.78, 5) is 0. The third-order valence-corrected chi connectivity index (χ3v) is 3.79. The molecule has 2 atom stereocenters. The summed E-state index contributed by atoms with van der Waals surface area (Å²) in [5, 5.41) is 3.53. The van der Waals surface area contributed by atoms with Crippen LogP contribution in [0.25, 0.3) is 0 Å². The highest BCUT2D eigenvalue weighted by molar-refractivity contribution is 5.27. The van der Waals surface area contributed by atoms with Crippen LogP contribution in [0.5, 0.6) is 5.75 Å². The molecule has 21 heavy (non-hydrogen) atoms. The maximum atomic E-state index is 5.79. The van der Waals surface area contributed by atoms with Crippen molar-refractivity contribution in [3.63, 3.8) is 0 Å². The Balaban J connectivity index is 1.66. The number of aryl methyl sites for hydroxylation is 1. The SMILES string of the molecule is COc1ccc(CCC(C)NCC2COC(C)(C)O2)cc1. The molecule has 1 N–H and O–H groups in total. The van der Waals surface area contributed by atoms with Crippen molar-refractivity contribution < 1.29 is 14.2 Å². The van der Waals surface area contributed by atoms with E-state index in [1.807, 2.05) is 26.0 Å². The van der Waals surface area contributed by atoms with E-state index >= 15 is 0 Å². The summed E-state index contributed by atoms with van der Waals surface area (Å²) < 4.78 is 16.5. The monoisotopic (exact) mass is 293 g/mol. The Hall–Kier alpha value is -1.10. The zero-order chi connectivity index (χ0) is 15.3. The third-order valence-electron chi connectivity index (χ3n) is 3.79. The van der Waals surface area contributed by atoms with Crippen LogP contribution in [0, 0.1) is 0 Å². The van der Waals surface area contributed by atoms with Crippen LogP contribution in [-0.2, 0) is 15.9 Å². The van der Waals surface area contributed by atoms with Gasteiger partial charge in [0.25, 0.3) is 0 Å². The van der Waals surface area contributed by atoms with Gasteiger partial charge in [-0.05, 0) is 51.3 Å². The van der Waals surface area contributed by atoms with E-state index in [9.17, 15) is 0 Å². The number of nitrogens with one attached hydrogen (secondary N) is 1. The second kappa shape index (κ2) is 7.25. The Kier molecular flexibility index (Phi) is 5.62. The first-order chi connectivity index (χ1) is 9.98. The maximum Gasteiger partial charge on any atom is 0.163 e. The third kappa shape index (κ3) is 5.30. The molecule has 0 radical (unpaired) electrons. The molecule has 0 bridgehead atoms. The van der Waals surface area contributed by atoms with E-state index in [4.69, 9.17) is 14.2 Å². The average molecular weight is 293 g/mol. The van der Waals surface area contributed by atoms with Crippen LogP contribution >= 0.6 is 0 Å². The first-order valence-electron chi connectivity index (χ1n) is 7.66. The zero-order valence-electron chi connectivity index (χ0n) is 13.5. The van der Waals surface area contributed by atoms with Gasteiger partial charge < -0.3 is 19.5 Å². The van der Waals surface area contributed by atoms with E-state index in [-0.39, 0.29) is 6.10 Å². The Morgan fingerprint density at radius 1 is 1.33 bits per heavy atom. The molecule has 2 unspecified atom stereocenters. The molecule has 0 saturated carbocycles. The Morgan fingerprint density at radius 3 is 2.62 bits per heavy atom. The molecule has 1 aliphatic rings. The lowest BCUT2D eigenvalue weighted by molar-refractivity contribution is -0.137. The van der Waals surface area contributed by atoms with E-state index < -0.39 is 5.79 Å². The van der Waals surface area contributed by atoms with Gasteiger partial charge in [-0.3, -0.25) is 0 Å². The highest BCUT2D eigenvalue weighted by atomic mass is 16.7. The first-order valence-corrected chi connectivity index (χ1v) is 7.66. The zero-order valence-corrected chi connectivity index (χ0v) is 13.5. The molecule has 0 aliphatic carbocycles. The van der Waals surface area contributed by atoms with E-state index in [0.717, 1.165) is 25.1 Å². The largest absolute Gasteiger partial charge is 0.497 e. The highest BCUT2D eigenvalue weighted by Gasteiger charge is 2.32. The van der Waals surface area contributed by atoms with Crippen LogP contribution in [-0.4, -0.2) is 38.2 Å².